The number of allylic oxidation sites excluding steroid dienone is 1. The van der Waals surface area contributed by atoms with E-state index in [2.05, 4.69) is 41.1 Å². The topological polar surface area (TPSA) is 65.0 Å². The molecule has 35 heavy (non-hydrogen) atoms. The zero-order valence-corrected chi connectivity index (χ0v) is 23.1. The lowest BCUT2D eigenvalue weighted by atomic mass is 9.88. The molecule has 1 aromatic carbocycles. The van der Waals surface area contributed by atoms with Gasteiger partial charge in [-0.3, -0.25) is 14.6 Å². The van der Waals surface area contributed by atoms with Gasteiger partial charge in [-0.05, 0) is 91.6 Å². The molecule has 1 atom stereocenters. The van der Waals surface area contributed by atoms with E-state index in [1.165, 1.54) is 12.8 Å². The molecule has 0 saturated heterocycles. The van der Waals surface area contributed by atoms with Gasteiger partial charge in [0.15, 0.2) is 5.78 Å². The molecule has 7 heteroatoms. The first-order valence-electron chi connectivity index (χ1n) is 12.9. The second-order valence-electron chi connectivity index (χ2n) is 10.1. The normalized spacial score (nSPS) is 22.9. The molecule has 1 fully saturated rings. The van der Waals surface area contributed by atoms with Crippen LogP contribution in [0.15, 0.2) is 28.4 Å². The van der Waals surface area contributed by atoms with E-state index in [0.717, 1.165) is 36.3 Å². The average Bonchev–Trinajstić information content (AvgIpc) is 2.81. The quantitative estimate of drug-likeness (QED) is 0.517. The highest BCUT2D eigenvalue weighted by molar-refractivity contribution is 6.31. The molecule has 1 saturated carbocycles. The van der Waals surface area contributed by atoms with Crippen molar-refractivity contribution in [3.63, 3.8) is 0 Å². The Labute approximate surface area is 215 Å². The number of aliphatic imine (C=N–C) groups is 1. The van der Waals surface area contributed by atoms with E-state index in [4.69, 9.17) is 11.6 Å². The highest BCUT2D eigenvalue weighted by atomic mass is 35.5. The van der Waals surface area contributed by atoms with Gasteiger partial charge in [0.2, 0.25) is 0 Å². The molecule has 1 aromatic rings. The summed E-state index contributed by atoms with van der Waals surface area (Å²) in [5, 5.41) is 3.52. The van der Waals surface area contributed by atoms with Gasteiger partial charge in [-0.2, -0.15) is 0 Å². The van der Waals surface area contributed by atoms with E-state index < -0.39 is 0 Å². The molecule has 6 nitrogen and oxygen atoms in total. The van der Waals surface area contributed by atoms with Crippen molar-refractivity contribution in [3.8, 4) is 0 Å². The van der Waals surface area contributed by atoms with E-state index in [0.29, 0.717) is 40.4 Å². The van der Waals surface area contributed by atoms with Crippen LogP contribution in [0.5, 0.6) is 0 Å². The maximum atomic E-state index is 13.3. The van der Waals surface area contributed by atoms with Crippen molar-refractivity contribution in [1.29, 1.82) is 0 Å². The second-order valence-corrected chi connectivity index (χ2v) is 10.6. The smallest absolute Gasteiger partial charge is 0.251 e. The summed E-state index contributed by atoms with van der Waals surface area (Å²) in [5.74, 6) is -0.358. The third-order valence-electron chi connectivity index (χ3n) is 7.81. The monoisotopic (exact) mass is 500 g/mol. The second kappa shape index (κ2) is 11.7. The van der Waals surface area contributed by atoms with Crippen LogP contribution in [0, 0.1) is 12.8 Å². The van der Waals surface area contributed by atoms with Crippen molar-refractivity contribution in [3.05, 3.63) is 39.6 Å². The standard InChI is InChI=1S/C28H41ClN4O2/c1-8-23-18(4)31-19(5)25(27(23)34)16-30-28(35)24-14-20(29)15-26(17(24)3)33(9-2)22-12-10-21(11-13-22)32(6)7/h14-15,21-23H,8-13,16H2,1-7H3,(H,30,35)/t21-,22-,23?. The number of nitrogens with one attached hydrogen (secondary N) is 1. The van der Waals surface area contributed by atoms with Crippen molar-refractivity contribution in [2.75, 3.05) is 32.1 Å². The number of hydrogen-bond donors (Lipinski definition) is 1. The minimum Gasteiger partial charge on any atom is -0.369 e. The Balaban J connectivity index is 1.80. The lowest BCUT2D eigenvalue weighted by Gasteiger charge is -2.40. The summed E-state index contributed by atoms with van der Waals surface area (Å²) in [6.45, 7) is 10.9. The molecule has 0 spiro atoms. The number of Topliss-reactive ketones (excluding diaryl/α,β-unsaturated/α-hetero) is 1. The Morgan fingerprint density at radius 2 is 1.71 bits per heavy atom. The summed E-state index contributed by atoms with van der Waals surface area (Å²) in [7, 11) is 4.31. The number of ketones is 1. The third kappa shape index (κ3) is 5.97. The Morgan fingerprint density at radius 3 is 2.29 bits per heavy atom. The van der Waals surface area contributed by atoms with Crippen molar-refractivity contribution in [2.24, 2.45) is 10.9 Å². The van der Waals surface area contributed by atoms with Gasteiger partial charge < -0.3 is 15.1 Å². The van der Waals surface area contributed by atoms with Crippen molar-refractivity contribution in [1.82, 2.24) is 10.2 Å². The fourth-order valence-corrected chi connectivity index (χ4v) is 5.87. The van der Waals surface area contributed by atoms with Gasteiger partial charge in [0.25, 0.3) is 5.91 Å². The van der Waals surface area contributed by atoms with Crippen LogP contribution in [0.1, 0.15) is 75.7 Å². The molecule has 1 aliphatic carbocycles. The number of halogens is 1. The zero-order chi connectivity index (χ0) is 25.9. The number of carbonyl (C=O) groups is 2. The van der Waals surface area contributed by atoms with Gasteiger partial charge in [0.05, 0.1) is 5.92 Å². The summed E-state index contributed by atoms with van der Waals surface area (Å²) in [5.41, 5.74) is 4.62. The van der Waals surface area contributed by atoms with Crippen LogP contribution < -0.4 is 10.2 Å². The van der Waals surface area contributed by atoms with Gasteiger partial charge in [-0.1, -0.05) is 18.5 Å². The highest BCUT2D eigenvalue weighted by Crippen LogP contribution is 2.34. The predicted molar refractivity (Wildman–Crippen MR) is 146 cm³/mol. The molecule has 1 heterocycles. The summed E-state index contributed by atoms with van der Waals surface area (Å²) < 4.78 is 0. The van der Waals surface area contributed by atoms with Crippen LogP contribution >= 0.6 is 11.6 Å². The molecule has 3 rings (SSSR count). The number of benzene rings is 1. The third-order valence-corrected chi connectivity index (χ3v) is 8.03. The molecule has 0 bridgehead atoms. The lowest BCUT2D eigenvalue weighted by Crippen LogP contribution is -2.42. The Bertz CT molecular complexity index is 1020. The van der Waals surface area contributed by atoms with Crippen LogP contribution in [0.4, 0.5) is 5.69 Å². The number of anilines is 1. The SMILES string of the molecule is CCC1C(=O)C(CNC(=O)c2cc(Cl)cc(N(CC)[C@H]3CC[C@H](N(C)C)CC3)c2C)=C(C)N=C1C. The van der Waals surface area contributed by atoms with Gasteiger partial charge in [0, 0.05) is 58.4 Å². The highest BCUT2D eigenvalue weighted by Gasteiger charge is 2.30. The summed E-state index contributed by atoms with van der Waals surface area (Å²) >= 11 is 6.53. The molecule has 2 aliphatic rings. The van der Waals surface area contributed by atoms with Crippen LogP contribution in [-0.2, 0) is 4.79 Å². The molecule has 1 N–H and O–H groups in total. The Morgan fingerprint density at radius 1 is 1.09 bits per heavy atom. The lowest BCUT2D eigenvalue weighted by molar-refractivity contribution is -0.117. The van der Waals surface area contributed by atoms with E-state index >= 15 is 0 Å². The molecule has 0 aromatic heterocycles. The molecular formula is C28H41ClN4O2. The molecule has 1 amide bonds. The Kier molecular flexibility index (Phi) is 9.16. The molecule has 0 radical (unpaired) electrons. The van der Waals surface area contributed by atoms with Crippen LogP contribution in [0.25, 0.3) is 0 Å². The number of hydrogen-bond acceptors (Lipinski definition) is 5. The molecule has 1 unspecified atom stereocenters. The van der Waals surface area contributed by atoms with Gasteiger partial charge >= 0.3 is 0 Å². The van der Waals surface area contributed by atoms with E-state index in [1.807, 2.05) is 33.8 Å². The van der Waals surface area contributed by atoms with Crippen LogP contribution in [-0.4, -0.2) is 61.6 Å². The maximum absolute atomic E-state index is 13.3. The van der Waals surface area contributed by atoms with E-state index in [-0.39, 0.29) is 24.2 Å². The fourth-order valence-electron chi connectivity index (χ4n) is 5.66. The van der Waals surface area contributed by atoms with Crippen molar-refractivity contribution < 1.29 is 9.59 Å². The van der Waals surface area contributed by atoms with Gasteiger partial charge in [-0.15, -0.1) is 0 Å². The first kappa shape index (κ1) is 27.4. The summed E-state index contributed by atoms with van der Waals surface area (Å²) in [6.07, 6.45) is 5.30. The van der Waals surface area contributed by atoms with Gasteiger partial charge in [-0.25, -0.2) is 0 Å². The number of nitrogens with zero attached hydrogens (tertiary/aromatic N) is 3. The molecular weight excluding hydrogens is 460 g/mol. The molecule has 1 aliphatic heterocycles. The predicted octanol–water partition coefficient (Wildman–Crippen LogP) is 5.42. The van der Waals surface area contributed by atoms with Crippen LogP contribution in [0.2, 0.25) is 5.02 Å². The number of amides is 1. The number of rotatable bonds is 8. The maximum Gasteiger partial charge on any atom is 0.251 e. The minimum atomic E-state index is -0.217. The Hall–Kier alpha value is -2.18. The first-order valence-corrected chi connectivity index (χ1v) is 13.3. The zero-order valence-electron chi connectivity index (χ0n) is 22.4. The van der Waals surface area contributed by atoms with E-state index in [9.17, 15) is 9.59 Å². The van der Waals surface area contributed by atoms with E-state index in [1.54, 1.807) is 6.07 Å². The average molecular weight is 501 g/mol. The largest absolute Gasteiger partial charge is 0.369 e. The molecule has 192 valence electrons. The van der Waals surface area contributed by atoms with Crippen molar-refractivity contribution >= 4 is 34.7 Å². The van der Waals surface area contributed by atoms with Crippen molar-refractivity contribution in [2.45, 2.75) is 78.8 Å². The summed E-state index contributed by atoms with van der Waals surface area (Å²) in [6, 6.07) is 4.78. The minimum absolute atomic E-state index is 0.0618. The van der Waals surface area contributed by atoms with Crippen LogP contribution in [0.3, 0.4) is 0 Å². The first-order chi connectivity index (χ1) is 16.6. The summed E-state index contributed by atoms with van der Waals surface area (Å²) in [4.78, 5) is 35.5. The van der Waals surface area contributed by atoms with Gasteiger partial charge in [0.1, 0.15) is 0 Å². The number of carbonyl (C=O) groups excluding carboxylic acids is 2. The fraction of sp³-hybridized carbons (Fsp3) is 0.607.